The van der Waals surface area contributed by atoms with Crippen LogP contribution in [0.1, 0.15) is 6.92 Å². The maximum atomic E-state index is 12.1. The standard InChI is InChI=1S/C10H20F3NO3/c1-3-14(8-10(11,12)13)6-9(15)7-17-5-4-16-2/h9,15H,3-8H2,1-2H3. The lowest BCUT2D eigenvalue weighted by Gasteiger charge is -2.24. The Morgan fingerprint density at radius 1 is 1.29 bits per heavy atom. The summed E-state index contributed by atoms with van der Waals surface area (Å²) in [4.78, 5) is 1.13. The van der Waals surface area contributed by atoms with Gasteiger partial charge in [-0.25, -0.2) is 0 Å². The largest absolute Gasteiger partial charge is 0.401 e. The quantitative estimate of drug-likeness (QED) is 0.625. The van der Waals surface area contributed by atoms with Crippen LogP contribution < -0.4 is 0 Å². The molecule has 0 amide bonds. The van der Waals surface area contributed by atoms with Gasteiger partial charge in [-0.15, -0.1) is 0 Å². The normalized spacial score (nSPS) is 14.3. The van der Waals surface area contributed by atoms with Crippen LogP contribution in [0, 0.1) is 0 Å². The Kier molecular flexibility index (Phi) is 8.49. The average Bonchev–Trinajstić information content (AvgIpc) is 2.21. The van der Waals surface area contributed by atoms with Crippen molar-refractivity contribution in [2.45, 2.75) is 19.2 Å². The lowest BCUT2D eigenvalue weighted by molar-refractivity contribution is -0.149. The monoisotopic (exact) mass is 259 g/mol. The molecule has 1 atom stereocenters. The van der Waals surface area contributed by atoms with E-state index in [1.165, 1.54) is 7.11 Å². The van der Waals surface area contributed by atoms with Crippen molar-refractivity contribution >= 4 is 0 Å². The topological polar surface area (TPSA) is 41.9 Å². The first-order valence-corrected chi connectivity index (χ1v) is 5.43. The molecule has 0 aromatic heterocycles. The molecule has 17 heavy (non-hydrogen) atoms. The van der Waals surface area contributed by atoms with E-state index < -0.39 is 18.8 Å². The summed E-state index contributed by atoms with van der Waals surface area (Å²) < 4.78 is 46.1. The predicted molar refractivity (Wildman–Crippen MR) is 56.9 cm³/mol. The number of ether oxygens (including phenoxy) is 2. The fraction of sp³-hybridized carbons (Fsp3) is 1.00. The molecule has 0 heterocycles. The van der Waals surface area contributed by atoms with Gasteiger partial charge in [-0.3, -0.25) is 4.90 Å². The Morgan fingerprint density at radius 2 is 1.94 bits per heavy atom. The summed E-state index contributed by atoms with van der Waals surface area (Å²) in [6.07, 6.45) is -5.17. The summed E-state index contributed by atoms with van der Waals surface area (Å²) in [6.45, 7) is 1.50. The lowest BCUT2D eigenvalue weighted by atomic mass is 10.3. The number of likely N-dealkylation sites (N-methyl/N-ethyl adjacent to an activating group) is 1. The minimum Gasteiger partial charge on any atom is -0.389 e. The summed E-state index contributed by atoms with van der Waals surface area (Å²) >= 11 is 0. The van der Waals surface area contributed by atoms with Crippen LogP contribution in [-0.2, 0) is 9.47 Å². The van der Waals surface area contributed by atoms with Crippen molar-refractivity contribution in [3.8, 4) is 0 Å². The van der Waals surface area contributed by atoms with Crippen LogP contribution >= 0.6 is 0 Å². The van der Waals surface area contributed by atoms with E-state index in [1.807, 2.05) is 0 Å². The lowest BCUT2D eigenvalue weighted by Crippen LogP contribution is -2.40. The van der Waals surface area contributed by atoms with E-state index in [1.54, 1.807) is 6.92 Å². The molecule has 1 N–H and O–H groups in total. The van der Waals surface area contributed by atoms with E-state index in [4.69, 9.17) is 9.47 Å². The summed E-state index contributed by atoms with van der Waals surface area (Å²) in [7, 11) is 1.52. The van der Waals surface area contributed by atoms with E-state index in [0.717, 1.165) is 4.90 Å². The van der Waals surface area contributed by atoms with Gasteiger partial charge in [0.25, 0.3) is 0 Å². The maximum absolute atomic E-state index is 12.1. The number of aliphatic hydroxyl groups is 1. The molecule has 0 fully saturated rings. The highest BCUT2D eigenvalue weighted by molar-refractivity contribution is 4.66. The zero-order chi connectivity index (χ0) is 13.3. The second-order valence-corrected chi connectivity index (χ2v) is 3.66. The summed E-state index contributed by atoms with van der Waals surface area (Å²) in [6, 6.07) is 0. The van der Waals surface area contributed by atoms with Gasteiger partial charge in [0.15, 0.2) is 0 Å². The third-order valence-electron chi connectivity index (χ3n) is 2.06. The van der Waals surface area contributed by atoms with Gasteiger partial charge in [-0.05, 0) is 6.54 Å². The molecule has 0 saturated heterocycles. The Morgan fingerprint density at radius 3 is 2.41 bits per heavy atom. The molecule has 0 radical (unpaired) electrons. The van der Waals surface area contributed by atoms with Crippen LogP contribution in [0.15, 0.2) is 0 Å². The van der Waals surface area contributed by atoms with Gasteiger partial charge < -0.3 is 14.6 Å². The highest BCUT2D eigenvalue weighted by Crippen LogP contribution is 2.16. The zero-order valence-corrected chi connectivity index (χ0v) is 10.2. The van der Waals surface area contributed by atoms with Gasteiger partial charge in [0.2, 0.25) is 0 Å². The molecular weight excluding hydrogens is 239 g/mol. The van der Waals surface area contributed by atoms with E-state index in [0.29, 0.717) is 13.2 Å². The van der Waals surface area contributed by atoms with Crippen LogP contribution in [0.5, 0.6) is 0 Å². The Hall–Kier alpha value is -0.370. The zero-order valence-electron chi connectivity index (χ0n) is 10.2. The number of methoxy groups -OCH3 is 1. The summed E-state index contributed by atoms with van der Waals surface area (Å²) in [5, 5.41) is 9.47. The molecule has 0 saturated carbocycles. The fourth-order valence-corrected chi connectivity index (χ4v) is 1.27. The second-order valence-electron chi connectivity index (χ2n) is 3.66. The Balaban J connectivity index is 3.78. The van der Waals surface area contributed by atoms with Crippen molar-refractivity contribution in [3.63, 3.8) is 0 Å². The number of hydrogen-bond acceptors (Lipinski definition) is 4. The molecule has 0 aromatic rings. The maximum Gasteiger partial charge on any atom is 0.401 e. The molecule has 0 spiro atoms. The smallest absolute Gasteiger partial charge is 0.389 e. The average molecular weight is 259 g/mol. The number of aliphatic hydroxyl groups excluding tert-OH is 1. The number of hydrogen-bond donors (Lipinski definition) is 1. The number of nitrogens with zero attached hydrogens (tertiary/aromatic N) is 1. The highest BCUT2D eigenvalue weighted by Gasteiger charge is 2.30. The van der Waals surface area contributed by atoms with E-state index in [-0.39, 0.29) is 19.7 Å². The molecule has 104 valence electrons. The SMILES string of the molecule is CCN(CC(O)COCCOC)CC(F)(F)F. The minimum atomic E-state index is -4.24. The molecule has 0 rings (SSSR count). The predicted octanol–water partition coefficient (Wildman–Crippen LogP) is 0.894. The Bertz CT molecular complexity index is 190. The number of alkyl halides is 3. The highest BCUT2D eigenvalue weighted by atomic mass is 19.4. The Labute approximate surface area is 99.3 Å². The van der Waals surface area contributed by atoms with Crippen LogP contribution in [-0.4, -0.2) is 68.9 Å². The van der Waals surface area contributed by atoms with Crippen LogP contribution in [0.3, 0.4) is 0 Å². The molecule has 0 aromatic carbocycles. The van der Waals surface area contributed by atoms with E-state index in [9.17, 15) is 18.3 Å². The van der Waals surface area contributed by atoms with Crippen molar-refractivity contribution in [3.05, 3.63) is 0 Å². The van der Waals surface area contributed by atoms with Crippen molar-refractivity contribution < 1.29 is 27.8 Å². The first kappa shape index (κ1) is 16.6. The van der Waals surface area contributed by atoms with Crippen LogP contribution in [0.2, 0.25) is 0 Å². The van der Waals surface area contributed by atoms with Gasteiger partial charge in [-0.2, -0.15) is 13.2 Å². The van der Waals surface area contributed by atoms with Crippen LogP contribution in [0.25, 0.3) is 0 Å². The number of halogens is 3. The summed E-state index contributed by atoms with van der Waals surface area (Å²) in [5.41, 5.74) is 0. The molecular formula is C10H20F3NO3. The first-order valence-electron chi connectivity index (χ1n) is 5.43. The van der Waals surface area contributed by atoms with E-state index >= 15 is 0 Å². The van der Waals surface area contributed by atoms with Gasteiger partial charge in [0.1, 0.15) is 0 Å². The number of rotatable bonds is 9. The minimum absolute atomic E-state index is 0.0116. The summed E-state index contributed by atoms with van der Waals surface area (Å²) in [5.74, 6) is 0. The van der Waals surface area contributed by atoms with Crippen molar-refractivity contribution in [2.75, 3.05) is 46.6 Å². The molecule has 0 aliphatic heterocycles. The van der Waals surface area contributed by atoms with Gasteiger partial charge in [0, 0.05) is 13.7 Å². The third kappa shape index (κ3) is 10.5. The molecule has 0 aliphatic rings. The molecule has 0 bridgehead atoms. The molecule has 0 aliphatic carbocycles. The van der Waals surface area contributed by atoms with Crippen molar-refractivity contribution in [1.82, 2.24) is 4.90 Å². The van der Waals surface area contributed by atoms with Crippen molar-refractivity contribution in [2.24, 2.45) is 0 Å². The molecule has 1 unspecified atom stereocenters. The van der Waals surface area contributed by atoms with Crippen LogP contribution in [0.4, 0.5) is 13.2 Å². The third-order valence-corrected chi connectivity index (χ3v) is 2.06. The van der Waals surface area contributed by atoms with Crippen molar-refractivity contribution in [1.29, 1.82) is 0 Å². The van der Waals surface area contributed by atoms with Gasteiger partial charge in [0.05, 0.1) is 32.5 Å². The first-order chi connectivity index (χ1) is 7.89. The molecule has 4 nitrogen and oxygen atoms in total. The van der Waals surface area contributed by atoms with E-state index in [2.05, 4.69) is 0 Å². The van der Waals surface area contributed by atoms with Gasteiger partial charge >= 0.3 is 6.18 Å². The fourth-order valence-electron chi connectivity index (χ4n) is 1.27. The second kappa shape index (κ2) is 8.68. The van der Waals surface area contributed by atoms with Gasteiger partial charge in [-0.1, -0.05) is 6.92 Å². The molecule has 7 heteroatoms.